The van der Waals surface area contributed by atoms with E-state index in [0.717, 1.165) is 25.0 Å². The van der Waals surface area contributed by atoms with Gasteiger partial charge >= 0.3 is 0 Å². The maximum Gasteiger partial charge on any atom is 0.271 e. The van der Waals surface area contributed by atoms with Crippen molar-refractivity contribution < 1.29 is 14.5 Å². The number of carbonyl (C=O) groups excluding carboxylic acids is 1. The second kappa shape index (κ2) is 9.03. The van der Waals surface area contributed by atoms with Crippen LogP contribution in [0.4, 0.5) is 11.4 Å². The van der Waals surface area contributed by atoms with Crippen molar-refractivity contribution >= 4 is 28.9 Å². The largest absolute Gasteiger partial charge is 0.380 e. The lowest BCUT2D eigenvalue weighted by molar-refractivity contribution is -0.384. The number of amides is 1. The average Bonchev–Trinajstić information content (AvgIpc) is 3.19. The number of benzene rings is 2. The molecule has 1 unspecified atom stereocenters. The minimum absolute atomic E-state index is 0.0436. The maximum absolute atomic E-state index is 12.4. The molecule has 0 aliphatic carbocycles. The summed E-state index contributed by atoms with van der Waals surface area (Å²) in [5.41, 5.74) is 2.76. The van der Waals surface area contributed by atoms with Gasteiger partial charge < -0.3 is 15.4 Å². The highest BCUT2D eigenvalue weighted by Crippen LogP contribution is 2.31. The van der Waals surface area contributed by atoms with E-state index in [2.05, 4.69) is 10.6 Å². The normalized spacial score (nSPS) is 16.0. The van der Waals surface area contributed by atoms with Crippen molar-refractivity contribution in [3.8, 4) is 0 Å². The Morgan fingerprint density at radius 3 is 2.86 bits per heavy atom. The van der Waals surface area contributed by atoms with Crippen LogP contribution >= 0.6 is 11.6 Å². The van der Waals surface area contributed by atoms with Gasteiger partial charge in [0.25, 0.3) is 11.6 Å². The van der Waals surface area contributed by atoms with E-state index in [-0.39, 0.29) is 22.7 Å². The second-order valence-corrected chi connectivity index (χ2v) is 7.18. The maximum atomic E-state index is 12.4. The lowest BCUT2D eigenvalue weighted by atomic mass is 10.1. The number of hydrogen-bond donors (Lipinski definition) is 2. The van der Waals surface area contributed by atoms with Crippen molar-refractivity contribution in [3.05, 3.63) is 68.2 Å². The molecule has 8 heteroatoms. The summed E-state index contributed by atoms with van der Waals surface area (Å²) in [4.78, 5) is 22.8. The molecule has 0 spiro atoms. The number of aryl methyl sites for hydroxylation is 1. The molecule has 1 heterocycles. The van der Waals surface area contributed by atoms with E-state index in [4.69, 9.17) is 16.3 Å². The van der Waals surface area contributed by atoms with Gasteiger partial charge in [0.15, 0.2) is 0 Å². The molecule has 28 heavy (non-hydrogen) atoms. The van der Waals surface area contributed by atoms with E-state index in [9.17, 15) is 14.9 Å². The number of nitrogens with zero attached hydrogens (tertiary/aromatic N) is 1. The van der Waals surface area contributed by atoms with Gasteiger partial charge in [0, 0.05) is 37.4 Å². The third-order valence-electron chi connectivity index (χ3n) is 4.66. The first-order valence-corrected chi connectivity index (χ1v) is 9.49. The van der Waals surface area contributed by atoms with Crippen LogP contribution in [0.1, 0.15) is 34.3 Å². The van der Waals surface area contributed by atoms with E-state index < -0.39 is 4.92 Å². The van der Waals surface area contributed by atoms with E-state index in [0.29, 0.717) is 29.9 Å². The van der Waals surface area contributed by atoms with E-state index in [1.165, 1.54) is 12.1 Å². The number of anilines is 1. The summed E-state index contributed by atoms with van der Waals surface area (Å²) in [6, 6.07) is 10.1. The molecule has 0 bridgehead atoms. The van der Waals surface area contributed by atoms with Crippen molar-refractivity contribution in [1.29, 1.82) is 0 Å². The summed E-state index contributed by atoms with van der Waals surface area (Å²) in [7, 11) is 0. The lowest BCUT2D eigenvalue weighted by Gasteiger charge is -2.13. The molecule has 148 valence electrons. The number of ether oxygens (including phenoxy) is 1. The summed E-state index contributed by atoms with van der Waals surface area (Å²) in [6.07, 6.45) is 2.10. The average molecular weight is 404 g/mol. The molecule has 2 N–H and O–H groups in total. The molecule has 7 nitrogen and oxygen atoms in total. The topological polar surface area (TPSA) is 93.5 Å². The Morgan fingerprint density at radius 1 is 1.36 bits per heavy atom. The zero-order valence-corrected chi connectivity index (χ0v) is 16.3. The second-order valence-electron chi connectivity index (χ2n) is 6.78. The molecular weight excluding hydrogens is 382 g/mol. The Labute approximate surface area is 168 Å². The van der Waals surface area contributed by atoms with Gasteiger partial charge in [0.1, 0.15) is 0 Å². The van der Waals surface area contributed by atoms with E-state index in [1.54, 1.807) is 13.0 Å². The molecule has 0 radical (unpaired) electrons. The fourth-order valence-electron chi connectivity index (χ4n) is 3.18. The molecule has 0 saturated carbocycles. The Bertz CT molecular complexity index is 858. The highest BCUT2D eigenvalue weighted by Gasteiger charge is 2.17. The number of carbonyl (C=O) groups is 1. The first kappa shape index (κ1) is 20.1. The van der Waals surface area contributed by atoms with Gasteiger partial charge in [-0.15, -0.1) is 0 Å². The van der Waals surface area contributed by atoms with Gasteiger partial charge in [-0.2, -0.15) is 0 Å². The minimum atomic E-state index is -0.471. The van der Waals surface area contributed by atoms with Gasteiger partial charge in [-0.05, 0) is 43.0 Å². The van der Waals surface area contributed by atoms with Crippen LogP contribution in [0.15, 0.2) is 36.4 Å². The van der Waals surface area contributed by atoms with Crippen LogP contribution in [0.25, 0.3) is 0 Å². The summed E-state index contributed by atoms with van der Waals surface area (Å²) in [6.45, 7) is 3.46. The predicted octanol–water partition coefficient (Wildman–Crippen LogP) is 4.08. The smallest absolute Gasteiger partial charge is 0.271 e. The molecule has 1 fully saturated rings. The third-order valence-corrected chi connectivity index (χ3v) is 4.95. The van der Waals surface area contributed by atoms with Crippen LogP contribution in [-0.4, -0.2) is 30.1 Å². The molecule has 1 saturated heterocycles. The van der Waals surface area contributed by atoms with Crippen molar-refractivity contribution in [3.63, 3.8) is 0 Å². The molecule has 1 atom stereocenters. The van der Waals surface area contributed by atoms with Crippen LogP contribution in [0.3, 0.4) is 0 Å². The fourth-order valence-corrected chi connectivity index (χ4v) is 3.51. The van der Waals surface area contributed by atoms with Crippen molar-refractivity contribution in [2.75, 3.05) is 18.5 Å². The van der Waals surface area contributed by atoms with E-state index >= 15 is 0 Å². The summed E-state index contributed by atoms with van der Waals surface area (Å²) >= 11 is 6.19. The fraction of sp³-hybridized carbons (Fsp3) is 0.350. The first-order valence-electron chi connectivity index (χ1n) is 9.11. The summed E-state index contributed by atoms with van der Waals surface area (Å²) < 4.78 is 5.52. The standard InChI is InChI=1S/C20H22ClN3O4/c1-13-8-16(24(26)27)10-18(21)19(13)22-11-14-4-2-5-15(9-14)20(25)23-12-17-6-3-7-28-17/h2,4-5,8-10,17,22H,3,6-7,11-12H2,1H3,(H,23,25). The van der Waals surface area contributed by atoms with Crippen molar-refractivity contribution in [1.82, 2.24) is 5.32 Å². The molecule has 1 aliphatic rings. The Morgan fingerprint density at radius 2 is 2.18 bits per heavy atom. The Hall–Kier alpha value is -2.64. The highest BCUT2D eigenvalue weighted by atomic mass is 35.5. The minimum Gasteiger partial charge on any atom is -0.380 e. The number of rotatable bonds is 7. The van der Waals surface area contributed by atoms with Crippen molar-refractivity contribution in [2.45, 2.75) is 32.4 Å². The van der Waals surface area contributed by atoms with Gasteiger partial charge in [0.05, 0.1) is 21.7 Å². The number of hydrogen-bond acceptors (Lipinski definition) is 5. The van der Waals surface area contributed by atoms with Gasteiger partial charge in [-0.3, -0.25) is 14.9 Å². The zero-order chi connectivity index (χ0) is 20.1. The van der Waals surface area contributed by atoms with Gasteiger partial charge in [0.2, 0.25) is 0 Å². The number of nitrogens with one attached hydrogen (secondary N) is 2. The van der Waals surface area contributed by atoms with Crippen LogP contribution in [0, 0.1) is 17.0 Å². The number of nitro groups is 1. The molecule has 3 rings (SSSR count). The molecule has 0 aromatic heterocycles. The van der Waals surface area contributed by atoms with Crippen LogP contribution in [-0.2, 0) is 11.3 Å². The molecule has 1 amide bonds. The molecular formula is C20H22ClN3O4. The number of non-ortho nitro benzene ring substituents is 1. The molecule has 2 aromatic rings. The SMILES string of the molecule is Cc1cc([N+](=O)[O-])cc(Cl)c1NCc1cccc(C(=O)NCC2CCCO2)c1. The van der Waals surface area contributed by atoms with Gasteiger partial charge in [-0.1, -0.05) is 23.7 Å². The summed E-state index contributed by atoms with van der Waals surface area (Å²) in [5, 5.41) is 17.3. The number of halogens is 1. The third kappa shape index (κ3) is 4.99. The first-order chi connectivity index (χ1) is 13.4. The predicted molar refractivity (Wildman–Crippen MR) is 108 cm³/mol. The van der Waals surface area contributed by atoms with Crippen LogP contribution in [0.5, 0.6) is 0 Å². The van der Waals surface area contributed by atoms with Crippen molar-refractivity contribution in [2.24, 2.45) is 0 Å². The lowest BCUT2D eigenvalue weighted by Crippen LogP contribution is -2.31. The van der Waals surface area contributed by atoms with E-state index in [1.807, 2.05) is 18.2 Å². The molecule has 2 aromatic carbocycles. The Kier molecular flexibility index (Phi) is 6.49. The summed E-state index contributed by atoms with van der Waals surface area (Å²) in [5.74, 6) is -0.137. The Balaban J connectivity index is 1.63. The number of nitro benzene ring substituents is 1. The highest BCUT2D eigenvalue weighted by molar-refractivity contribution is 6.33. The van der Waals surface area contributed by atoms with Crippen LogP contribution < -0.4 is 10.6 Å². The van der Waals surface area contributed by atoms with Gasteiger partial charge in [-0.25, -0.2) is 0 Å². The quantitative estimate of drug-likeness (QED) is 0.536. The van der Waals surface area contributed by atoms with Crippen LogP contribution in [0.2, 0.25) is 5.02 Å². The molecule has 1 aliphatic heterocycles. The monoisotopic (exact) mass is 403 g/mol. The zero-order valence-electron chi connectivity index (χ0n) is 15.5.